The van der Waals surface area contributed by atoms with E-state index in [9.17, 15) is 0 Å². The van der Waals surface area contributed by atoms with Gasteiger partial charge in [-0.3, -0.25) is 4.98 Å². The van der Waals surface area contributed by atoms with Gasteiger partial charge in [0.25, 0.3) is 0 Å². The fourth-order valence-electron chi connectivity index (χ4n) is 3.47. The second kappa shape index (κ2) is 8.08. The van der Waals surface area contributed by atoms with E-state index in [1.165, 1.54) is 0 Å². The van der Waals surface area contributed by atoms with Crippen molar-refractivity contribution in [3.8, 4) is 11.3 Å². The first-order valence-corrected chi connectivity index (χ1v) is 10.1. The van der Waals surface area contributed by atoms with Crippen LogP contribution in [0, 0.1) is 0 Å². The summed E-state index contributed by atoms with van der Waals surface area (Å²) in [6, 6.07) is 9.79. The number of aryl methyl sites for hydroxylation is 1. The molecule has 0 unspecified atom stereocenters. The lowest BCUT2D eigenvalue weighted by molar-refractivity contribution is 0.122. The highest BCUT2D eigenvalue weighted by Gasteiger charge is 2.13. The fraction of sp³-hybridized carbons (Fsp3) is 0.273. The van der Waals surface area contributed by atoms with Crippen LogP contribution in [0.2, 0.25) is 0 Å². The fourth-order valence-corrected chi connectivity index (χ4v) is 3.47. The average molecular weight is 402 g/mol. The molecule has 0 saturated carbocycles. The van der Waals surface area contributed by atoms with Gasteiger partial charge in [-0.05, 0) is 24.3 Å². The molecule has 8 heteroatoms. The first kappa shape index (κ1) is 18.5. The van der Waals surface area contributed by atoms with Crippen molar-refractivity contribution in [3.05, 3.63) is 54.8 Å². The molecule has 3 aromatic heterocycles. The van der Waals surface area contributed by atoms with Crippen molar-refractivity contribution in [2.24, 2.45) is 0 Å². The maximum atomic E-state index is 5.75. The van der Waals surface area contributed by atoms with Crippen LogP contribution in [0.25, 0.3) is 22.4 Å². The number of rotatable bonds is 5. The second-order valence-corrected chi connectivity index (χ2v) is 7.07. The van der Waals surface area contributed by atoms with Gasteiger partial charge in [0.15, 0.2) is 11.5 Å². The molecule has 1 N–H and O–H groups in total. The number of nitrogens with zero attached hydrogens (tertiary/aromatic N) is 5. The molecule has 0 spiro atoms. The highest BCUT2D eigenvalue weighted by atomic mass is 16.5. The molecule has 0 amide bonds. The summed E-state index contributed by atoms with van der Waals surface area (Å²) in [5.74, 6) is 1.24. The van der Waals surface area contributed by atoms with Crippen LogP contribution in [-0.2, 0) is 11.2 Å². The largest absolute Gasteiger partial charge is 0.441 e. The zero-order valence-corrected chi connectivity index (χ0v) is 16.7. The maximum absolute atomic E-state index is 5.75. The molecule has 4 heterocycles. The van der Waals surface area contributed by atoms with E-state index in [0.717, 1.165) is 72.3 Å². The molecule has 8 nitrogen and oxygen atoms in total. The molecule has 30 heavy (non-hydrogen) atoms. The summed E-state index contributed by atoms with van der Waals surface area (Å²) in [6.07, 6.45) is 6.21. The Morgan fingerprint density at radius 2 is 1.97 bits per heavy atom. The third-order valence-electron chi connectivity index (χ3n) is 5.04. The monoisotopic (exact) mass is 402 g/mol. The van der Waals surface area contributed by atoms with E-state index in [2.05, 4.69) is 36.2 Å². The molecule has 1 aromatic carbocycles. The minimum atomic E-state index is 0.513. The van der Waals surface area contributed by atoms with Gasteiger partial charge in [-0.25, -0.2) is 15.0 Å². The Morgan fingerprint density at radius 1 is 1.07 bits per heavy atom. The average Bonchev–Trinajstić information content (AvgIpc) is 3.23. The SMILES string of the molecule is CCc1nc2ccc(Nc3nccc(-c4cncc(N5CCOCC5)c4)n3)cc2o1. The number of benzene rings is 1. The van der Waals surface area contributed by atoms with Crippen molar-refractivity contribution in [1.82, 2.24) is 19.9 Å². The minimum absolute atomic E-state index is 0.513. The van der Waals surface area contributed by atoms with Crippen molar-refractivity contribution in [2.45, 2.75) is 13.3 Å². The summed E-state index contributed by atoms with van der Waals surface area (Å²) in [4.78, 5) is 20.2. The second-order valence-electron chi connectivity index (χ2n) is 7.07. The van der Waals surface area contributed by atoms with Crippen molar-refractivity contribution in [2.75, 3.05) is 36.5 Å². The summed E-state index contributed by atoms with van der Waals surface area (Å²) in [5, 5.41) is 3.25. The summed E-state index contributed by atoms with van der Waals surface area (Å²) in [6.45, 7) is 5.23. The Kier molecular flexibility index (Phi) is 4.98. The van der Waals surface area contributed by atoms with Crippen molar-refractivity contribution >= 4 is 28.4 Å². The third-order valence-corrected chi connectivity index (χ3v) is 5.04. The normalized spacial score (nSPS) is 14.2. The number of hydrogen-bond acceptors (Lipinski definition) is 8. The van der Waals surface area contributed by atoms with Crippen LogP contribution in [-0.4, -0.2) is 46.2 Å². The quantitative estimate of drug-likeness (QED) is 0.539. The molecular formula is C22H22N6O2. The van der Waals surface area contributed by atoms with Crippen LogP contribution in [0.5, 0.6) is 0 Å². The van der Waals surface area contributed by atoms with Gasteiger partial charge in [-0.2, -0.15) is 0 Å². The standard InChI is InChI=1S/C22H22N6O2/c1-2-21-26-19-4-3-16(12-20(19)30-21)25-22-24-6-5-18(27-22)15-11-17(14-23-13-15)28-7-9-29-10-8-28/h3-6,11-14H,2,7-10H2,1H3,(H,24,25,27). The minimum Gasteiger partial charge on any atom is -0.441 e. The van der Waals surface area contributed by atoms with Crippen LogP contribution in [0.15, 0.2) is 53.3 Å². The number of aromatic nitrogens is 4. The topological polar surface area (TPSA) is 89.2 Å². The molecule has 0 aliphatic carbocycles. The van der Waals surface area contributed by atoms with E-state index in [-0.39, 0.29) is 0 Å². The van der Waals surface area contributed by atoms with Gasteiger partial charge in [0.1, 0.15) is 5.52 Å². The lowest BCUT2D eigenvalue weighted by Crippen LogP contribution is -2.36. The summed E-state index contributed by atoms with van der Waals surface area (Å²) >= 11 is 0. The number of morpholine rings is 1. The Morgan fingerprint density at radius 3 is 2.83 bits per heavy atom. The molecule has 1 aliphatic heterocycles. The molecule has 0 radical (unpaired) electrons. The van der Waals surface area contributed by atoms with E-state index in [0.29, 0.717) is 5.95 Å². The number of anilines is 3. The van der Waals surface area contributed by atoms with Gasteiger partial charge in [0.2, 0.25) is 5.95 Å². The smallest absolute Gasteiger partial charge is 0.227 e. The lowest BCUT2D eigenvalue weighted by Gasteiger charge is -2.28. The number of fused-ring (bicyclic) bond motifs is 1. The van der Waals surface area contributed by atoms with Crippen LogP contribution >= 0.6 is 0 Å². The van der Waals surface area contributed by atoms with Crippen LogP contribution < -0.4 is 10.2 Å². The van der Waals surface area contributed by atoms with Gasteiger partial charge in [-0.15, -0.1) is 0 Å². The number of oxazole rings is 1. The van der Waals surface area contributed by atoms with E-state index in [1.54, 1.807) is 6.20 Å². The molecular weight excluding hydrogens is 380 g/mol. The van der Waals surface area contributed by atoms with E-state index in [1.807, 2.05) is 43.6 Å². The Labute approximate surface area is 174 Å². The Hall–Kier alpha value is -3.52. The van der Waals surface area contributed by atoms with Crippen molar-refractivity contribution in [1.29, 1.82) is 0 Å². The van der Waals surface area contributed by atoms with Gasteiger partial charge >= 0.3 is 0 Å². The molecule has 0 bridgehead atoms. The summed E-state index contributed by atoms with van der Waals surface area (Å²) in [5.41, 5.74) is 5.27. The Balaban J connectivity index is 1.39. The van der Waals surface area contributed by atoms with Crippen LogP contribution in [0.3, 0.4) is 0 Å². The van der Waals surface area contributed by atoms with Gasteiger partial charge in [0, 0.05) is 49.2 Å². The molecule has 5 rings (SSSR count). The first-order chi connectivity index (χ1) is 14.8. The molecule has 4 aromatic rings. The predicted molar refractivity (Wildman–Crippen MR) is 115 cm³/mol. The zero-order valence-electron chi connectivity index (χ0n) is 16.7. The summed E-state index contributed by atoms with van der Waals surface area (Å²) < 4.78 is 11.2. The summed E-state index contributed by atoms with van der Waals surface area (Å²) in [7, 11) is 0. The maximum Gasteiger partial charge on any atom is 0.227 e. The highest BCUT2D eigenvalue weighted by molar-refractivity contribution is 5.78. The van der Waals surface area contributed by atoms with Crippen molar-refractivity contribution in [3.63, 3.8) is 0 Å². The van der Waals surface area contributed by atoms with Gasteiger partial charge in [0.05, 0.1) is 30.8 Å². The molecule has 0 atom stereocenters. The van der Waals surface area contributed by atoms with E-state index in [4.69, 9.17) is 9.15 Å². The van der Waals surface area contributed by atoms with Crippen LogP contribution in [0.1, 0.15) is 12.8 Å². The zero-order chi connectivity index (χ0) is 20.3. The number of pyridine rings is 1. The predicted octanol–water partition coefficient (Wildman–Crippen LogP) is 3.82. The number of nitrogens with one attached hydrogen (secondary N) is 1. The lowest BCUT2D eigenvalue weighted by atomic mass is 10.2. The third kappa shape index (κ3) is 3.81. The van der Waals surface area contributed by atoms with E-state index < -0.39 is 0 Å². The molecule has 152 valence electrons. The van der Waals surface area contributed by atoms with Crippen LogP contribution in [0.4, 0.5) is 17.3 Å². The number of ether oxygens (including phenoxy) is 1. The molecule has 1 aliphatic rings. The molecule has 1 saturated heterocycles. The number of hydrogen-bond donors (Lipinski definition) is 1. The van der Waals surface area contributed by atoms with Crippen molar-refractivity contribution < 1.29 is 9.15 Å². The highest BCUT2D eigenvalue weighted by Crippen LogP contribution is 2.25. The molecule has 1 fully saturated rings. The Bertz CT molecular complexity index is 1170. The van der Waals surface area contributed by atoms with Gasteiger partial charge < -0.3 is 19.4 Å². The first-order valence-electron chi connectivity index (χ1n) is 10.1. The van der Waals surface area contributed by atoms with Gasteiger partial charge in [-0.1, -0.05) is 6.92 Å². The van der Waals surface area contributed by atoms with E-state index >= 15 is 0 Å².